The summed E-state index contributed by atoms with van der Waals surface area (Å²) in [6, 6.07) is 4.19. The zero-order valence-corrected chi connectivity index (χ0v) is 11.6. The summed E-state index contributed by atoms with van der Waals surface area (Å²) in [6.07, 6.45) is 0. The van der Waals surface area contributed by atoms with Gasteiger partial charge in [0, 0.05) is 13.4 Å². The van der Waals surface area contributed by atoms with Gasteiger partial charge in [0.05, 0.1) is 0 Å². The molecule has 0 atom stereocenters. The van der Waals surface area contributed by atoms with Crippen molar-refractivity contribution in [3.63, 3.8) is 0 Å². The highest BCUT2D eigenvalue weighted by atomic mass is 79.9. The average Bonchev–Trinajstić information content (AvgIpc) is 2.00. The lowest BCUT2D eigenvalue weighted by molar-refractivity contribution is 0.859. The van der Waals surface area contributed by atoms with Crippen molar-refractivity contribution in [1.82, 2.24) is 0 Å². The second-order valence-corrected chi connectivity index (χ2v) is 5.36. The van der Waals surface area contributed by atoms with Crippen LogP contribution < -0.4 is 0 Å². The minimum absolute atomic E-state index is 0.545. The molecule has 0 amide bonds. The van der Waals surface area contributed by atoms with Crippen LogP contribution in [-0.2, 0) is 0 Å². The second-order valence-electron chi connectivity index (χ2n) is 2.92. The zero-order chi connectivity index (χ0) is 9.30. The van der Waals surface area contributed by atoms with Crippen LogP contribution in [0.15, 0.2) is 25.6 Å². The molecular weight excluding hydrogens is 348 g/mol. The summed E-state index contributed by atoms with van der Waals surface area (Å²) in [7, 11) is 0. The molecule has 0 fully saturated rings. The SMILES string of the molecule is CC(C)c1ccc(Br)c(Br)c1Br. The molecule has 12 heavy (non-hydrogen) atoms. The van der Waals surface area contributed by atoms with Crippen LogP contribution in [0.5, 0.6) is 0 Å². The van der Waals surface area contributed by atoms with E-state index in [9.17, 15) is 0 Å². The lowest BCUT2D eigenvalue weighted by Gasteiger charge is -2.10. The average molecular weight is 357 g/mol. The first-order valence-electron chi connectivity index (χ1n) is 3.67. The maximum Gasteiger partial charge on any atom is 0.0462 e. The fourth-order valence-corrected chi connectivity index (χ4v) is 2.75. The maximum atomic E-state index is 3.55. The first-order valence-corrected chi connectivity index (χ1v) is 6.05. The third-order valence-corrected chi connectivity index (χ3v) is 5.09. The molecule has 3 heteroatoms. The molecule has 0 spiro atoms. The molecule has 66 valence electrons. The van der Waals surface area contributed by atoms with Gasteiger partial charge in [0.15, 0.2) is 0 Å². The molecule has 0 heterocycles. The Labute approximate surface area is 98.1 Å². The molecule has 1 rings (SSSR count). The van der Waals surface area contributed by atoms with E-state index in [2.05, 4.69) is 73.8 Å². The Morgan fingerprint density at radius 2 is 1.58 bits per heavy atom. The Morgan fingerprint density at radius 3 is 2.08 bits per heavy atom. The van der Waals surface area contributed by atoms with Crippen molar-refractivity contribution < 1.29 is 0 Å². The zero-order valence-electron chi connectivity index (χ0n) is 6.87. The first kappa shape index (κ1) is 10.7. The maximum absolute atomic E-state index is 3.55. The van der Waals surface area contributed by atoms with Crippen LogP contribution in [0.4, 0.5) is 0 Å². The third-order valence-electron chi connectivity index (χ3n) is 1.69. The standard InChI is InChI=1S/C9H9Br3/c1-5(2)6-3-4-7(10)9(12)8(6)11/h3-5H,1-2H3. The predicted molar refractivity (Wildman–Crippen MR) is 63.6 cm³/mol. The molecule has 0 saturated carbocycles. The van der Waals surface area contributed by atoms with Crippen molar-refractivity contribution in [3.8, 4) is 0 Å². The fraction of sp³-hybridized carbons (Fsp3) is 0.333. The molecule has 0 N–H and O–H groups in total. The quantitative estimate of drug-likeness (QED) is 0.614. The monoisotopic (exact) mass is 354 g/mol. The highest BCUT2D eigenvalue weighted by molar-refractivity contribution is 9.14. The number of halogens is 3. The highest BCUT2D eigenvalue weighted by Crippen LogP contribution is 2.36. The summed E-state index contributed by atoms with van der Waals surface area (Å²) in [6.45, 7) is 4.36. The van der Waals surface area contributed by atoms with E-state index in [1.54, 1.807) is 0 Å². The lowest BCUT2D eigenvalue weighted by Crippen LogP contribution is -1.89. The Kier molecular flexibility index (Phi) is 3.80. The smallest absolute Gasteiger partial charge is 0.0462 e. The second kappa shape index (κ2) is 4.25. The van der Waals surface area contributed by atoms with Gasteiger partial charge in [-0.1, -0.05) is 19.9 Å². The van der Waals surface area contributed by atoms with Gasteiger partial charge in [0.25, 0.3) is 0 Å². The van der Waals surface area contributed by atoms with Crippen LogP contribution in [0.1, 0.15) is 25.3 Å². The molecule has 0 aliphatic heterocycles. The van der Waals surface area contributed by atoms with Crippen molar-refractivity contribution in [2.75, 3.05) is 0 Å². The molecule has 0 aliphatic carbocycles. The van der Waals surface area contributed by atoms with Gasteiger partial charge < -0.3 is 0 Å². The van der Waals surface area contributed by atoms with Gasteiger partial charge >= 0.3 is 0 Å². The largest absolute Gasteiger partial charge is 0.0586 e. The molecule has 0 bridgehead atoms. The van der Waals surface area contributed by atoms with Gasteiger partial charge in [-0.05, 0) is 65.3 Å². The van der Waals surface area contributed by atoms with Crippen molar-refractivity contribution in [3.05, 3.63) is 31.1 Å². The first-order chi connectivity index (χ1) is 5.54. The minimum atomic E-state index is 0.545. The van der Waals surface area contributed by atoms with E-state index in [0.717, 1.165) is 13.4 Å². The van der Waals surface area contributed by atoms with Gasteiger partial charge in [-0.2, -0.15) is 0 Å². The molecule has 0 saturated heterocycles. The van der Waals surface area contributed by atoms with E-state index in [1.165, 1.54) is 5.56 Å². The van der Waals surface area contributed by atoms with E-state index in [1.807, 2.05) is 0 Å². The van der Waals surface area contributed by atoms with Crippen molar-refractivity contribution in [2.24, 2.45) is 0 Å². The van der Waals surface area contributed by atoms with Gasteiger partial charge in [-0.15, -0.1) is 0 Å². The molecule has 0 radical (unpaired) electrons. The number of rotatable bonds is 1. The Bertz CT molecular complexity index is 292. The Hall–Kier alpha value is 0.660. The lowest BCUT2D eigenvalue weighted by atomic mass is 10.0. The molecule has 1 aromatic rings. The van der Waals surface area contributed by atoms with Crippen LogP contribution in [0.3, 0.4) is 0 Å². The molecule has 0 unspecified atom stereocenters. The molecule has 1 aromatic carbocycles. The summed E-state index contributed by atoms with van der Waals surface area (Å²) in [5, 5.41) is 0. The van der Waals surface area contributed by atoms with Gasteiger partial charge in [-0.3, -0.25) is 0 Å². The summed E-state index contributed by atoms with van der Waals surface area (Å²) in [5.74, 6) is 0.545. The Balaban J connectivity index is 3.27. The molecular formula is C9H9Br3. The van der Waals surface area contributed by atoms with E-state index in [-0.39, 0.29) is 0 Å². The van der Waals surface area contributed by atoms with E-state index in [0.29, 0.717) is 5.92 Å². The van der Waals surface area contributed by atoms with Crippen LogP contribution in [0.25, 0.3) is 0 Å². The summed E-state index contributed by atoms with van der Waals surface area (Å²) in [5.41, 5.74) is 1.32. The summed E-state index contributed by atoms with van der Waals surface area (Å²) in [4.78, 5) is 0. The van der Waals surface area contributed by atoms with Crippen molar-refractivity contribution >= 4 is 47.8 Å². The third kappa shape index (κ3) is 2.12. The number of hydrogen-bond donors (Lipinski definition) is 0. The number of benzene rings is 1. The number of hydrogen-bond acceptors (Lipinski definition) is 0. The minimum Gasteiger partial charge on any atom is -0.0586 e. The van der Waals surface area contributed by atoms with Gasteiger partial charge in [-0.25, -0.2) is 0 Å². The molecule has 0 nitrogen and oxygen atoms in total. The van der Waals surface area contributed by atoms with E-state index in [4.69, 9.17) is 0 Å². The van der Waals surface area contributed by atoms with Crippen LogP contribution in [0, 0.1) is 0 Å². The highest BCUT2D eigenvalue weighted by Gasteiger charge is 2.09. The topological polar surface area (TPSA) is 0 Å². The van der Waals surface area contributed by atoms with Crippen molar-refractivity contribution in [1.29, 1.82) is 0 Å². The van der Waals surface area contributed by atoms with E-state index < -0.39 is 0 Å². The van der Waals surface area contributed by atoms with Gasteiger partial charge in [0.2, 0.25) is 0 Å². The van der Waals surface area contributed by atoms with Crippen molar-refractivity contribution in [2.45, 2.75) is 19.8 Å². The Morgan fingerprint density at radius 1 is 1.00 bits per heavy atom. The van der Waals surface area contributed by atoms with Crippen LogP contribution in [0.2, 0.25) is 0 Å². The predicted octanol–water partition coefficient (Wildman–Crippen LogP) is 5.10. The van der Waals surface area contributed by atoms with Crippen LogP contribution in [-0.4, -0.2) is 0 Å². The fourth-order valence-electron chi connectivity index (χ4n) is 0.987. The van der Waals surface area contributed by atoms with Gasteiger partial charge in [0.1, 0.15) is 0 Å². The summed E-state index contributed by atoms with van der Waals surface area (Å²) < 4.78 is 3.32. The molecule has 0 aliphatic rings. The summed E-state index contributed by atoms with van der Waals surface area (Å²) >= 11 is 10.5. The normalized spacial score (nSPS) is 10.8. The van der Waals surface area contributed by atoms with Crippen LogP contribution >= 0.6 is 47.8 Å². The van der Waals surface area contributed by atoms with E-state index >= 15 is 0 Å². The molecule has 0 aromatic heterocycles.